The van der Waals surface area contributed by atoms with E-state index in [0.29, 0.717) is 12.2 Å². The Labute approximate surface area is 93.5 Å². The van der Waals surface area contributed by atoms with E-state index >= 15 is 0 Å². The van der Waals surface area contributed by atoms with Crippen molar-refractivity contribution in [3.8, 4) is 16.9 Å². The zero-order chi connectivity index (χ0) is 11.0. The second kappa shape index (κ2) is 3.49. The molecule has 0 aliphatic heterocycles. The normalized spacial score (nSPS) is 11.8. The maximum absolute atomic E-state index is 10.3. The lowest BCUT2D eigenvalue weighted by atomic mass is 10.1. The van der Waals surface area contributed by atoms with Gasteiger partial charge in [-0.1, -0.05) is 30.3 Å². The van der Waals surface area contributed by atoms with E-state index in [1.54, 1.807) is 0 Å². The van der Waals surface area contributed by atoms with Gasteiger partial charge in [0.1, 0.15) is 5.75 Å². The number of hydrogen-bond acceptors (Lipinski definition) is 2. The van der Waals surface area contributed by atoms with Crippen LogP contribution in [0.5, 0.6) is 5.75 Å². The van der Waals surface area contributed by atoms with Crippen molar-refractivity contribution in [3.63, 3.8) is 0 Å². The first-order chi connectivity index (χ1) is 7.88. The fourth-order valence-corrected chi connectivity index (χ4v) is 2.25. The number of ether oxygens (including phenoxy) is 1. The second-order valence-electron chi connectivity index (χ2n) is 3.87. The average molecular weight is 210 g/mol. The van der Waals surface area contributed by atoms with Crippen LogP contribution in [0, 0.1) is 0 Å². The van der Waals surface area contributed by atoms with Gasteiger partial charge in [-0.3, -0.25) is 4.79 Å². The van der Waals surface area contributed by atoms with Crippen molar-refractivity contribution in [1.82, 2.24) is 0 Å². The lowest BCUT2D eigenvalue weighted by Crippen LogP contribution is -1.89. The van der Waals surface area contributed by atoms with E-state index in [0.717, 1.165) is 6.42 Å². The quantitative estimate of drug-likeness (QED) is 0.608. The first-order valence-corrected chi connectivity index (χ1v) is 5.20. The van der Waals surface area contributed by atoms with Gasteiger partial charge < -0.3 is 4.74 Å². The van der Waals surface area contributed by atoms with E-state index in [2.05, 4.69) is 12.1 Å². The first-order valence-electron chi connectivity index (χ1n) is 5.20. The molecule has 0 unspecified atom stereocenters. The van der Waals surface area contributed by atoms with Gasteiger partial charge in [-0.15, -0.1) is 0 Å². The van der Waals surface area contributed by atoms with Gasteiger partial charge in [0.15, 0.2) is 0 Å². The Hall–Kier alpha value is -2.09. The number of fused-ring (bicyclic) bond motifs is 3. The molecule has 78 valence electrons. The Morgan fingerprint density at radius 2 is 1.81 bits per heavy atom. The van der Waals surface area contributed by atoms with Gasteiger partial charge in [0.2, 0.25) is 0 Å². The molecule has 0 radical (unpaired) electrons. The molecule has 0 N–H and O–H groups in total. The Kier molecular flexibility index (Phi) is 2.00. The molecule has 1 aliphatic carbocycles. The largest absolute Gasteiger partial charge is 0.429 e. The van der Waals surface area contributed by atoms with Gasteiger partial charge in [-0.2, -0.15) is 0 Å². The smallest absolute Gasteiger partial charge is 0.298 e. The average Bonchev–Trinajstić information content (AvgIpc) is 2.67. The number of carbonyl (C=O) groups excluding carboxylic acids is 1. The third kappa shape index (κ3) is 1.31. The molecule has 0 amide bonds. The molecule has 0 aromatic heterocycles. The molecular weight excluding hydrogens is 200 g/mol. The van der Waals surface area contributed by atoms with Crippen molar-refractivity contribution in [2.75, 3.05) is 0 Å². The van der Waals surface area contributed by atoms with Crippen molar-refractivity contribution in [1.29, 1.82) is 0 Å². The lowest BCUT2D eigenvalue weighted by Gasteiger charge is -2.02. The molecule has 2 heteroatoms. The van der Waals surface area contributed by atoms with Gasteiger partial charge >= 0.3 is 0 Å². The van der Waals surface area contributed by atoms with Crippen LogP contribution in [0.2, 0.25) is 0 Å². The van der Waals surface area contributed by atoms with E-state index in [4.69, 9.17) is 4.74 Å². The van der Waals surface area contributed by atoms with Crippen LogP contribution in [0.4, 0.5) is 0 Å². The Morgan fingerprint density at radius 3 is 2.69 bits per heavy atom. The molecule has 2 nitrogen and oxygen atoms in total. The molecule has 0 fully saturated rings. The summed E-state index contributed by atoms with van der Waals surface area (Å²) in [5, 5.41) is 0. The molecule has 0 heterocycles. The van der Waals surface area contributed by atoms with Gasteiger partial charge in [-0.25, -0.2) is 0 Å². The van der Waals surface area contributed by atoms with Gasteiger partial charge in [0.05, 0.1) is 0 Å². The molecule has 2 aromatic carbocycles. The number of benzene rings is 2. The summed E-state index contributed by atoms with van der Waals surface area (Å²) in [6.07, 6.45) is 0.918. The molecule has 16 heavy (non-hydrogen) atoms. The van der Waals surface area contributed by atoms with E-state index in [-0.39, 0.29) is 0 Å². The maximum Gasteiger partial charge on any atom is 0.298 e. The molecule has 0 saturated heterocycles. The SMILES string of the molecule is O=COc1ccc2c(c1)Cc1ccccc1-2. The predicted molar refractivity (Wildman–Crippen MR) is 61.4 cm³/mol. The zero-order valence-corrected chi connectivity index (χ0v) is 8.64. The summed E-state index contributed by atoms with van der Waals surface area (Å²) < 4.78 is 4.85. The van der Waals surface area contributed by atoms with Crippen molar-refractivity contribution < 1.29 is 9.53 Å². The minimum Gasteiger partial charge on any atom is -0.429 e. The van der Waals surface area contributed by atoms with E-state index in [1.807, 2.05) is 30.3 Å². The van der Waals surface area contributed by atoms with Crippen molar-refractivity contribution in [2.45, 2.75) is 6.42 Å². The third-order valence-corrected chi connectivity index (χ3v) is 2.95. The highest BCUT2D eigenvalue weighted by Gasteiger charge is 2.17. The fourth-order valence-electron chi connectivity index (χ4n) is 2.25. The summed E-state index contributed by atoms with van der Waals surface area (Å²) in [4.78, 5) is 10.3. The summed E-state index contributed by atoms with van der Waals surface area (Å²) in [7, 11) is 0. The minimum atomic E-state index is 0.462. The third-order valence-electron chi connectivity index (χ3n) is 2.95. The van der Waals surface area contributed by atoms with Crippen LogP contribution in [0.3, 0.4) is 0 Å². The van der Waals surface area contributed by atoms with Crippen LogP contribution in [-0.4, -0.2) is 6.47 Å². The second-order valence-corrected chi connectivity index (χ2v) is 3.87. The number of hydrogen-bond donors (Lipinski definition) is 0. The minimum absolute atomic E-state index is 0.462. The highest BCUT2D eigenvalue weighted by molar-refractivity contribution is 5.77. The molecule has 2 aromatic rings. The summed E-state index contributed by atoms with van der Waals surface area (Å²) >= 11 is 0. The molecule has 3 rings (SSSR count). The summed E-state index contributed by atoms with van der Waals surface area (Å²) in [6.45, 7) is 0.462. The number of carbonyl (C=O) groups is 1. The van der Waals surface area contributed by atoms with E-state index in [1.165, 1.54) is 22.3 Å². The fraction of sp³-hybridized carbons (Fsp3) is 0.0714. The Bertz CT molecular complexity index is 558. The van der Waals surface area contributed by atoms with Gasteiger partial charge in [0.25, 0.3) is 6.47 Å². The monoisotopic (exact) mass is 210 g/mol. The maximum atomic E-state index is 10.3. The van der Waals surface area contributed by atoms with Crippen LogP contribution in [0.15, 0.2) is 42.5 Å². The molecule has 1 aliphatic rings. The van der Waals surface area contributed by atoms with E-state index < -0.39 is 0 Å². The molecule has 0 spiro atoms. The number of rotatable bonds is 2. The predicted octanol–water partition coefficient (Wildman–Crippen LogP) is 2.79. The molecule has 0 atom stereocenters. The van der Waals surface area contributed by atoms with E-state index in [9.17, 15) is 4.79 Å². The highest BCUT2D eigenvalue weighted by Crippen LogP contribution is 2.37. The zero-order valence-electron chi connectivity index (χ0n) is 8.64. The summed E-state index contributed by atoms with van der Waals surface area (Å²) in [6, 6.07) is 14.1. The Balaban J connectivity index is 2.10. The Morgan fingerprint density at radius 1 is 1.00 bits per heavy atom. The van der Waals surface area contributed by atoms with Crippen molar-refractivity contribution >= 4 is 6.47 Å². The van der Waals surface area contributed by atoms with Gasteiger partial charge in [-0.05, 0) is 40.8 Å². The standard InChI is InChI=1S/C14H10O2/c15-9-16-12-5-6-14-11(8-12)7-10-3-1-2-4-13(10)14/h1-6,8-9H,7H2. The first kappa shape index (κ1) is 9.16. The molecule has 0 bridgehead atoms. The van der Waals surface area contributed by atoms with Crippen molar-refractivity contribution in [2.24, 2.45) is 0 Å². The van der Waals surface area contributed by atoms with Crippen LogP contribution < -0.4 is 4.74 Å². The van der Waals surface area contributed by atoms with Crippen LogP contribution in [0.1, 0.15) is 11.1 Å². The summed E-state index contributed by atoms with van der Waals surface area (Å²) in [5.74, 6) is 0.613. The lowest BCUT2D eigenvalue weighted by molar-refractivity contribution is -0.120. The van der Waals surface area contributed by atoms with Crippen LogP contribution in [0.25, 0.3) is 11.1 Å². The van der Waals surface area contributed by atoms with Gasteiger partial charge in [0, 0.05) is 0 Å². The van der Waals surface area contributed by atoms with Crippen molar-refractivity contribution in [3.05, 3.63) is 53.6 Å². The highest BCUT2D eigenvalue weighted by atomic mass is 16.5. The summed E-state index contributed by atoms with van der Waals surface area (Å²) in [5.41, 5.74) is 5.09. The topological polar surface area (TPSA) is 26.3 Å². The molecular formula is C14H10O2. The van der Waals surface area contributed by atoms with Crippen LogP contribution >= 0.6 is 0 Å². The van der Waals surface area contributed by atoms with Crippen LogP contribution in [-0.2, 0) is 11.2 Å². The molecule has 0 saturated carbocycles.